The molecule has 0 spiro atoms. The Morgan fingerprint density at radius 3 is 2.61 bits per heavy atom. The molecule has 0 saturated carbocycles. The number of nitrogens with zero attached hydrogens (tertiary/aromatic N) is 2. The van der Waals surface area contributed by atoms with Crippen molar-refractivity contribution in [2.24, 2.45) is 5.73 Å². The molecule has 0 bridgehead atoms. The lowest BCUT2D eigenvalue weighted by Gasteiger charge is -2.06. The molecule has 4 nitrogen and oxygen atoms in total. The third-order valence-corrected chi connectivity index (χ3v) is 2.73. The van der Waals surface area contributed by atoms with Crippen LogP contribution >= 0.6 is 12.2 Å². The van der Waals surface area contributed by atoms with E-state index in [1.165, 1.54) is 0 Å². The monoisotopic (exact) mass is 258 g/mol. The largest absolute Gasteiger partial charge is 0.389 e. The Bertz CT molecular complexity index is 534. The number of thiocarbonyl (C=S) groups is 1. The summed E-state index contributed by atoms with van der Waals surface area (Å²) >= 11 is 4.87. The second-order valence-electron chi connectivity index (χ2n) is 3.96. The molecule has 5 heteroatoms. The molecule has 0 aliphatic heterocycles. The Balaban J connectivity index is 1.97. The lowest BCUT2D eigenvalue weighted by atomic mass is 10.2. The number of anilines is 1. The van der Waals surface area contributed by atoms with E-state index in [-0.39, 0.29) is 0 Å². The Labute approximate surface area is 111 Å². The van der Waals surface area contributed by atoms with Crippen LogP contribution in [0.15, 0.2) is 36.7 Å². The van der Waals surface area contributed by atoms with Gasteiger partial charge in [0.1, 0.15) is 10.8 Å². The summed E-state index contributed by atoms with van der Waals surface area (Å²) in [7, 11) is 0. The highest BCUT2D eigenvalue weighted by Gasteiger charge is 1.98. The smallest absolute Gasteiger partial charge is 0.126 e. The summed E-state index contributed by atoms with van der Waals surface area (Å²) in [6.07, 6.45) is 3.52. The zero-order valence-electron chi connectivity index (χ0n) is 10.1. The standard InChI is InChI=1S/C13H14N4S/c1-9-2-3-10(6-15-9)7-16-12-5-4-11(8-17-12)13(14)18/h2-6,8H,7H2,1H3,(H2,14,18)(H,16,17). The van der Waals surface area contributed by atoms with Crippen LogP contribution in [0.1, 0.15) is 16.8 Å². The van der Waals surface area contributed by atoms with Crippen LogP contribution in [0.2, 0.25) is 0 Å². The number of pyridine rings is 2. The highest BCUT2D eigenvalue weighted by molar-refractivity contribution is 7.80. The van der Waals surface area contributed by atoms with Gasteiger partial charge in [-0.3, -0.25) is 4.98 Å². The number of nitrogens with one attached hydrogen (secondary N) is 1. The predicted octanol–water partition coefficient (Wildman–Crippen LogP) is 2.03. The van der Waals surface area contributed by atoms with Crippen molar-refractivity contribution >= 4 is 23.0 Å². The third-order valence-electron chi connectivity index (χ3n) is 2.49. The molecule has 0 aromatic carbocycles. The summed E-state index contributed by atoms with van der Waals surface area (Å²) in [6, 6.07) is 7.74. The van der Waals surface area contributed by atoms with Crippen LogP contribution in [0.5, 0.6) is 0 Å². The van der Waals surface area contributed by atoms with Gasteiger partial charge >= 0.3 is 0 Å². The van der Waals surface area contributed by atoms with Crippen molar-refractivity contribution in [1.82, 2.24) is 9.97 Å². The zero-order valence-corrected chi connectivity index (χ0v) is 10.9. The van der Waals surface area contributed by atoms with Gasteiger partial charge in [0.05, 0.1) is 0 Å². The topological polar surface area (TPSA) is 63.8 Å². The first-order chi connectivity index (χ1) is 8.65. The quantitative estimate of drug-likeness (QED) is 0.822. The van der Waals surface area contributed by atoms with Gasteiger partial charge in [0, 0.05) is 30.2 Å². The van der Waals surface area contributed by atoms with Crippen molar-refractivity contribution in [3.05, 3.63) is 53.5 Å². The summed E-state index contributed by atoms with van der Waals surface area (Å²) in [5.41, 5.74) is 8.40. The van der Waals surface area contributed by atoms with Crippen molar-refractivity contribution in [3.8, 4) is 0 Å². The molecule has 18 heavy (non-hydrogen) atoms. The van der Waals surface area contributed by atoms with E-state index < -0.39 is 0 Å². The second kappa shape index (κ2) is 5.55. The minimum atomic E-state index is 0.358. The highest BCUT2D eigenvalue weighted by Crippen LogP contribution is 2.07. The van der Waals surface area contributed by atoms with E-state index in [0.717, 1.165) is 22.6 Å². The van der Waals surface area contributed by atoms with Gasteiger partial charge in [0.25, 0.3) is 0 Å². The van der Waals surface area contributed by atoms with Crippen LogP contribution in [-0.4, -0.2) is 15.0 Å². The minimum Gasteiger partial charge on any atom is -0.389 e. The maximum absolute atomic E-state index is 5.51. The molecule has 3 N–H and O–H groups in total. The fraction of sp³-hybridized carbons (Fsp3) is 0.154. The number of rotatable bonds is 4. The van der Waals surface area contributed by atoms with E-state index in [1.54, 1.807) is 6.20 Å². The summed E-state index contributed by atoms with van der Waals surface area (Å²) in [5, 5.41) is 3.21. The van der Waals surface area contributed by atoms with Crippen molar-refractivity contribution in [2.45, 2.75) is 13.5 Å². The van der Waals surface area contributed by atoms with E-state index in [1.807, 2.05) is 37.4 Å². The van der Waals surface area contributed by atoms with E-state index in [0.29, 0.717) is 11.5 Å². The first-order valence-electron chi connectivity index (χ1n) is 5.56. The molecule has 0 radical (unpaired) electrons. The number of hydrogen-bond acceptors (Lipinski definition) is 4. The normalized spacial score (nSPS) is 10.1. The summed E-state index contributed by atoms with van der Waals surface area (Å²) in [4.78, 5) is 8.83. The van der Waals surface area contributed by atoms with Crippen LogP contribution in [-0.2, 0) is 6.54 Å². The average Bonchev–Trinajstić information content (AvgIpc) is 2.38. The fourth-order valence-corrected chi connectivity index (χ4v) is 1.56. The zero-order chi connectivity index (χ0) is 13.0. The molecule has 0 aliphatic carbocycles. The van der Waals surface area contributed by atoms with Gasteiger partial charge in [-0.05, 0) is 30.7 Å². The maximum Gasteiger partial charge on any atom is 0.126 e. The Morgan fingerprint density at radius 2 is 2.06 bits per heavy atom. The fourth-order valence-electron chi connectivity index (χ4n) is 1.44. The minimum absolute atomic E-state index is 0.358. The molecule has 0 saturated heterocycles. The van der Waals surface area contributed by atoms with Gasteiger partial charge in [0.2, 0.25) is 0 Å². The van der Waals surface area contributed by atoms with Crippen LogP contribution < -0.4 is 11.1 Å². The van der Waals surface area contributed by atoms with E-state index in [4.69, 9.17) is 18.0 Å². The van der Waals surface area contributed by atoms with Crippen molar-refractivity contribution in [3.63, 3.8) is 0 Å². The van der Waals surface area contributed by atoms with Gasteiger partial charge in [-0.25, -0.2) is 4.98 Å². The molecule has 2 rings (SSSR count). The first-order valence-corrected chi connectivity index (χ1v) is 5.97. The third kappa shape index (κ3) is 3.24. The van der Waals surface area contributed by atoms with Gasteiger partial charge in [0.15, 0.2) is 0 Å². The summed E-state index contributed by atoms with van der Waals surface area (Å²) < 4.78 is 0. The van der Waals surface area contributed by atoms with Crippen LogP contribution in [0.3, 0.4) is 0 Å². The Kier molecular flexibility index (Phi) is 3.84. The van der Waals surface area contributed by atoms with E-state index >= 15 is 0 Å². The lowest BCUT2D eigenvalue weighted by molar-refractivity contribution is 1.07. The van der Waals surface area contributed by atoms with Gasteiger partial charge < -0.3 is 11.1 Å². The predicted molar refractivity (Wildman–Crippen MR) is 76.4 cm³/mol. The molecule has 92 valence electrons. The number of aryl methyl sites for hydroxylation is 1. The molecule has 0 atom stereocenters. The number of hydrogen-bond donors (Lipinski definition) is 2. The molecule has 0 fully saturated rings. The number of nitrogens with two attached hydrogens (primary N) is 1. The Morgan fingerprint density at radius 1 is 1.22 bits per heavy atom. The highest BCUT2D eigenvalue weighted by atomic mass is 32.1. The molecular weight excluding hydrogens is 244 g/mol. The maximum atomic E-state index is 5.51. The van der Waals surface area contributed by atoms with Crippen molar-refractivity contribution in [2.75, 3.05) is 5.32 Å². The van der Waals surface area contributed by atoms with E-state index in [9.17, 15) is 0 Å². The van der Waals surface area contributed by atoms with Crippen LogP contribution in [0.25, 0.3) is 0 Å². The van der Waals surface area contributed by atoms with Crippen molar-refractivity contribution in [1.29, 1.82) is 0 Å². The van der Waals surface area contributed by atoms with E-state index in [2.05, 4.69) is 15.3 Å². The van der Waals surface area contributed by atoms with Gasteiger partial charge in [-0.1, -0.05) is 18.3 Å². The lowest BCUT2D eigenvalue weighted by Crippen LogP contribution is -2.10. The van der Waals surface area contributed by atoms with Crippen LogP contribution in [0.4, 0.5) is 5.82 Å². The van der Waals surface area contributed by atoms with Gasteiger partial charge in [-0.2, -0.15) is 0 Å². The van der Waals surface area contributed by atoms with Gasteiger partial charge in [-0.15, -0.1) is 0 Å². The molecule has 2 aromatic heterocycles. The number of aromatic nitrogens is 2. The molecule has 2 aromatic rings. The second-order valence-corrected chi connectivity index (χ2v) is 4.40. The first kappa shape index (κ1) is 12.4. The van der Waals surface area contributed by atoms with Crippen LogP contribution in [0, 0.1) is 6.92 Å². The Hall–Kier alpha value is -2.01. The molecule has 0 amide bonds. The summed E-state index contributed by atoms with van der Waals surface area (Å²) in [5.74, 6) is 0.788. The SMILES string of the molecule is Cc1ccc(CNc2ccc(C(N)=S)cn2)cn1. The summed E-state index contributed by atoms with van der Waals surface area (Å²) in [6.45, 7) is 2.65. The average molecular weight is 258 g/mol. The molecular formula is C13H14N4S. The molecule has 0 aliphatic rings. The molecule has 0 unspecified atom stereocenters. The molecule has 2 heterocycles. The van der Waals surface area contributed by atoms with Crippen molar-refractivity contribution < 1.29 is 0 Å².